The van der Waals surface area contributed by atoms with Crippen LogP contribution in [0.3, 0.4) is 0 Å². The summed E-state index contributed by atoms with van der Waals surface area (Å²) >= 11 is 1.14. The third-order valence-corrected chi connectivity index (χ3v) is 3.08. The molecule has 1 heterocycles. The predicted molar refractivity (Wildman–Crippen MR) is 62.0 cm³/mol. The average Bonchev–Trinajstić information content (AvgIpc) is 2.62. The second-order valence-corrected chi connectivity index (χ2v) is 4.83. The zero-order chi connectivity index (χ0) is 12.1. The summed E-state index contributed by atoms with van der Waals surface area (Å²) in [6.07, 6.45) is -0.0597. The van der Waals surface area contributed by atoms with E-state index in [9.17, 15) is 15.0 Å². The van der Waals surface area contributed by atoms with Crippen LogP contribution in [0.15, 0.2) is 6.33 Å². The van der Waals surface area contributed by atoms with Crippen molar-refractivity contribution in [3.05, 3.63) is 17.7 Å². The van der Waals surface area contributed by atoms with E-state index in [1.54, 1.807) is 6.92 Å². The van der Waals surface area contributed by atoms with Crippen LogP contribution in [-0.4, -0.2) is 37.2 Å². The van der Waals surface area contributed by atoms with Gasteiger partial charge in [-0.2, -0.15) is 0 Å². The second-order valence-electron chi connectivity index (χ2n) is 3.55. The molecule has 0 amide bonds. The molecule has 6 heteroatoms. The lowest BCUT2D eigenvalue weighted by atomic mass is 10.1. The van der Waals surface area contributed by atoms with E-state index in [0.717, 1.165) is 17.5 Å². The zero-order valence-electron chi connectivity index (χ0n) is 9.30. The highest BCUT2D eigenvalue weighted by atomic mass is 32.2. The number of nitrogens with one attached hydrogen (secondary N) is 1. The predicted octanol–water partition coefficient (Wildman–Crippen LogP) is 0.782. The van der Waals surface area contributed by atoms with Gasteiger partial charge in [-0.1, -0.05) is 11.8 Å². The number of hydrogen-bond donors (Lipinski definition) is 3. The number of aromatic amines is 1. The lowest BCUT2D eigenvalue weighted by molar-refractivity contribution is -0.109. The molecule has 0 spiro atoms. The molecule has 3 N–H and O–H groups in total. The lowest BCUT2D eigenvalue weighted by Crippen LogP contribution is -2.20. The Bertz CT molecular complexity index is 354. The van der Waals surface area contributed by atoms with E-state index < -0.39 is 12.2 Å². The summed E-state index contributed by atoms with van der Waals surface area (Å²) in [4.78, 5) is 17.5. The first-order valence-electron chi connectivity index (χ1n) is 5.01. The van der Waals surface area contributed by atoms with E-state index in [1.807, 2.05) is 0 Å². The van der Waals surface area contributed by atoms with Crippen LogP contribution in [0.4, 0.5) is 0 Å². The summed E-state index contributed by atoms with van der Waals surface area (Å²) in [6.45, 7) is 3.26. The number of hydrogen-bond acceptors (Lipinski definition) is 5. The van der Waals surface area contributed by atoms with Crippen LogP contribution in [0.2, 0.25) is 0 Å². The first-order valence-corrected chi connectivity index (χ1v) is 6.00. The summed E-state index contributed by atoms with van der Waals surface area (Å²) < 4.78 is 0. The molecule has 0 saturated carbocycles. The summed E-state index contributed by atoms with van der Waals surface area (Å²) in [6, 6.07) is 0. The van der Waals surface area contributed by atoms with E-state index in [1.165, 1.54) is 13.3 Å². The van der Waals surface area contributed by atoms with Gasteiger partial charge in [0, 0.05) is 18.4 Å². The molecule has 0 aromatic carbocycles. The van der Waals surface area contributed by atoms with Gasteiger partial charge in [0.15, 0.2) is 5.12 Å². The Kier molecular flexibility index (Phi) is 4.98. The maximum atomic E-state index is 10.7. The molecule has 1 aromatic heterocycles. The van der Waals surface area contributed by atoms with Gasteiger partial charge in [0.05, 0.1) is 18.1 Å². The normalized spacial score (nSPS) is 14.8. The Morgan fingerprint density at radius 2 is 2.31 bits per heavy atom. The standard InChI is InChI=1S/C10H16N2O3S/c1-6-9(12-5-11-6)10(15)8(14)3-4-16-7(2)13/h5,8,10,14-15H,3-4H2,1-2H3,(H,11,12). The van der Waals surface area contributed by atoms with Crippen molar-refractivity contribution >= 4 is 16.9 Å². The SMILES string of the molecule is CC(=O)SCCC(O)C(O)c1nc[nH]c1C. The largest absolute Gasteiger partial charge is 0.390 e. The average molecular weight is 244 g/mol. The van der Waals surface area contributed by atoms with Gasteiger partial charge in [0.2, 0.25) is 0 Å². The number of carbonyl (C=O) groups is 1. The van der Waals surface area contributed by atoms with Crippen LogP contribution >= 0.6 is 11.8 Å². The molecule has 0 saturated heterocycles. The Hall–Kier alpha value is -0.850. The summed E-state index contributed by atoms with van der Waals surface area (Å²) in [5, 5.41) is 19.5. The van der Waals surface area contributed by atoms with E-state index in [4.69, 9.17) is 0 Å². The molecular weight excluding hydrogens is 228 g/mol. The molecular formula is C10H16N2O3S. The molecule has 16 heavy (non-hydrogen) atoms. The molecule has 2 atom stereocenters. The third-order valence-electron chi connectivity index (χ3n) is 2.23. The molecule has 1 aromatic rings. The minimum Gasteiger partial charge on any atom is -0.390 e. The highest BCUT2D eigenvalue weighted by Crippen LogP contribution is 2.20. The first kappa shape index (κ1) is 13.2. The fourth-order valence-corrected chi connectivity index (χ4v) is 1.98. The number of carbonyl (C=O) groups excluding carboxylic acids is 1. The number of aryl methyl sites for hydroxylation is 1. The van der Waals surface area contributed by atoms with Crippen molar-refractivity contribution in [1.29, 1.82) is 0 Å². The minimum atomic E-state index is -1.00. The van der Waals surface area contributed by atoms with Crippen molar-refractivity contribution in [3.8, 4) is 0 Å². The van der Waals surface area contributed by atoms with Crippen molar-refractivity contribution in [2.24, 2.45) is 0 Å². The van der Waals surface area contributed by atoms with Crippen LogP contribution in [0.25, 0.3) is 0 Å². The molecule has 0 fully saturated rings. The van der Waals surface area contributed by atoms with Crippen molar-refractivity contribution in [3.63, 3.8) is 0 Å². The number of aromatic nitrogens is 2. The number of aliphatic hydroxyl groups is 2. The monoisotopic (exact) mass is 244 g/mol. The van der Waals surface area contributed by atoms with Crippen LogP contribution in [0, 0.1) is 6.92 Å². The van der Waals surface area contributed by atoms with Gasteiger partial charge in [-0.25, -0.2) is 4.98 Å². The van der Waals surface area contributed by atoms with Gasteiger partial charge in [-0.05, 0) is 13.3 Å². The van der Waals surface area contributed by atoms with Crippen molar-refractivity contribution in [2.45, 2.75) is 32.5 Å². The lowest BCUT2D eigenvalue weighted by Gasteiger charge is -2.16. The Labute approximate surface area is 98.3 Å². The van der Waals surface area contributed by atoms with Crippen LogP contribution in [0.1, 0.15) is 30.8 Å². The first-order chi connectivity index (χ1) is 7.52. The highest BCUT2D eigenvalue weighted by Gasteiger charge is 2.21. The number of nitrogens with zero attached hydrogens (tertiary/aromatic N) is 1. The van der Waals surface area contributed by atoms with Gasteiger partial charge in [0.1, 0.15) is 6.10 Å². The Morgan fingerprint density at radius 3 is 2.81 bits per heavy atom. The van der Waals surface area contributed by atoms with Crippen LogP contribution in [0.5, 0.6) is 0 Å². The van der Waals surface area contributed by atoms with Crippen molar-refractivity contribution in [2.75, 3.05) is 5.75 Å². The number of imidazole rings is 1. The maximum absolute atomic E-state index is 10.7. The number of H-pyrrole nitrogens is 1. The number of thioether (sulfide) groups is 1. The number of aliphatic hydroxyl groups excluding tert-OH is 2. The molecule has 0 bridgehead atoms. The molecule has 0 aliphatic rings. The fourth-order valence-electron chi connectivity index (χ4n) is 1.33. The maximum Gasteiger partial charge on any atom is 0.185 e. The topological polar surface area (TPSA) is 86.2 Å². The summed E-state index contributed by atoms with van der Waals surface area (Å²) in [7, 11) is 0. The van der Waals surface area contributed by atoms with Crippen LogP contribution < -0.4 is 0 Å². The van der Waals surface area contributed by atoms with Gasteiger partial charge >= 0.3 is 0 Å². The molecule has 0 radical (unpaired) electrons. The van der Waals surface area contributed by atoms with E-state index in [2.05, 4.69) is 9.97 Å². The third kappa shape index (κ3) is 3.62. The quantitative estimate of drug-likeness (QED) is 0.712. The van der Waals surface area contributed by atoms with E-state index in [-0.39, 0.29) is 5.12 Å². The fraction of sp³-hybridized carbons (Fsp3) is 0.600. The minimum absolute atomic E-state index is 0.0117. The second kappa shape index (κ2) is 6.03. The molecule has 0 aliphatic heterocycles. The van der Waals surface area contributed by atoms with Gasteiger partial charge in [-0.3, -0.25) is 4.79 Å². The molecule has 0 aliphatic carbocycles. The molecule has 90 valence electrons. The van der Waals surface area contributed by atoms with Crippen molar-refractivity contribution in [1.82, 2.24) is 9.97 Å². The Morgan fingerprint density at radius 1 is 1.62 bits per heavy atom. The highest BCUT2D eigenvalue weighted by molar-refractivity contribution is 8.13. The van der Waals surface area contributed by atoms with Gasteiger partial charge in [0.25, 0.3) is 0 Å². The summed E-state index contributed by atoms with van der Waals surface area (Å²) in [5.74, 6) is 0.497. The van der Waals surface area contributed by atoms with E-state index in [0.29, 0.717) is 17.9 Å². The van der Waals surface area contributed by atoms with Gasteiger partial charge in [-0.15, -0.1) is 0 Å². The molecule has 1 rings (SSSR count). The number of rotatable bonds is 5. The van der Waals surface area contributed by atoms with Gasteiger partial charge < -0.3 is 15.2 Å². The molecule has 5 nitrogen and oxygen atoms in total. The zero-order valence-corrected chi connectivity index (χ0v) is 10.1. The summed E-state index contributed by atoms with van der Waals surface area (Å²) in [5.41, 5.74) is 1.20. The van der Waals surface area contributed by atoms with E-state index >= 15 is 0 Å². The molecule has 2 unspecified atom stereocenters. The Balaban J connectivity index is 2.45. The van der Waals surface area contributed by atoms with Crippen LogP contribution in [-0.2, 0) is 4.79 Å². The smallest absolute Gasteiger partial charge is 0.185 e. The van der Waals surface area contributed by atoms with Crippen molar-refractivity contribution < 1.29 is 15.0 Å².